The lowest BCUT2D eigenvalue weighted by molar-refractivity contribution is 0.133. The molecule has 1 aromatic carbocycles. The van der Waals surface area contributed by atoms with Gasteiger partial charge in [0.2, 0.25) is 5.75 Å². The minimum absolute atomic E-state index is 0.0921. The van der Waals surface area contributed by atoms with Crippen LogP contribution in [0.3, 0.4) is 0 Å². The summed E-state index contributed by atoms with van der Waals surface area (Å²) >= 11 is 1.85. The summed E-state index contributed by atoms with van der Waals surface area (Å²) < 4.78 is 16.4. The molecule has 0 bridgehead atoms. The highest BCUT2D eigenvalue weighted by atomic mass is 32.1. The van der Waals surface area contributed by atoms with Crippen LogP contribution in [-0.4, -0.2) is 40.3 Å². The first-order chi connectivity index (χ1) is 12.5. The predicted molar refractivity (Wildman–Crippen MR) is 109 cm³/mol. The van der Waals surface area contributed by atoms with Crippen molar-refractivity contribution in [1.29, 1.82) is 0 Å². The molecule has 0 saturated carbocycles. The normalized spacial score (nSPS) is 13.5. The molecule has 0 aliphatic heterocycles. The summed E-state index contributed by atoms with van der Waals surface area (Å²) in [5.41, 5.74) is 1.30. The van der Waals surface area contributed by atoms with Crippen molar-refractivity contribution in [3.05, 3.63) is 40.1 Å². The van der Waals surface area contributed by atoms with E-state index in [-0.39, 0.29) is 5.54 Å². The lowest BCUT2D eigenvalue weighted by Gasteiger charge is -2.39. The van der Waals surface area contributed by atoms with Crippen molar-refractivity contribution in [2.45, 2.75) is 38.1 Å². The molecule has 0 spiro atoms. The van der Waals surface area contributed by atoms with Crippen molar-refractivity contribution in [3.63, 3.8) is 0 Å². The molecule has 1 heterocycles. The predicted octanol–water partition coefficient (Wildman–Crippen LogP) is 4.96. The van der Waals surface area contributed by atoms with Gasteiger partial charge in [-0.25, -0.2) is 0 Å². The number of hydrogen-bond acceptors (Lipinski definition) is 5. The van der Waals surface area contributed by atoms with Crippen molar-refractivity contribution in [2.24, 2.45) is 0 Å². The summed E-state index contributed by atoms with van der Waals surface area (Å²) in [5.74, 6) is 2.08. The molecule has 0 fully saturated rings. The van der Waals surface area contributed by atoms with Crippen LogP contribution < -0.4 is 14.2 Å². The Bertz CT molecular complexity index is 660. The number of methoxy groups -OCH3 is 3. The number of aryl methyl sites for hydroxylation is 1. The quantitative estimate of drug-likeness (QED) is 0.585. The molecule has 1 aromatic heterocycles. The van der Waals surface area contributed by atoms with Gasteiger partial charge in [0.1, 0.15) is 0 Å². The lowest BCUT2D eigenvalue weighted by atomic mass is 9.86. The minimum atomic E-state index is 0.0921. The molecule has 0 amide bonds. The number of ether oxygens (including phenoxy) is 3. The van der Waals surface area contributed by atoms with E-state index in [1.165, 1.54) is 10.4 Å². The maximum absolute atomic E-state index is 5.47. The molecule has 0 radical (unpaired) electrons. The van der Waals surface area contributed by atoms with E-state index >= 15 is 0 Å². The molecule has 0 aliphatic rings. The van der Waals surface area contributed by atoms with Gasteiger partial charge in [-0.1, -0.05) is 13.0 Å². The Morgan fingerprint density at radius 2 is 1.69 bits per heavy atom. The van der Waals surface area contributed by atoms with Crippen LogP contribution in [0.25, 0.3) is 0 Å². The topological polar surface area (TPSA) is 30.9 Å². The Balaban J connectivity index is 2.17. The Morgan fingerprint density at radius 1 is 1.04 bits per heavy atom. The number of nitrogens with zero attached hydrogens (tertiary/aromatic N) is 1. The first-order valence-electron chi connectivity index (χ1n) is 9.02. The van der Waals surface area contributed by atoms with Crippen LogP contribution in [0.1, 0.15) is 36.6 Å². The highest BCUT2D eigenvalue weighted by molar-refractivity contribution is 7.10. The summed E-state index contributed by atoms with van der Waals surface area (Å²) in [6, 6.07) is 8.51. The van der Waals surface area contributed by atoms with Gasteiger partial charge in [0, 0.05) is 4.88 Å². The maximum atomic E-state index is 5.47. The van der Waals surface area contributed by atoms with E-state index in [2.05, 4.69) is 55.6 Å². The van der Waals surface area contributed by atoms with E-state index in [9.17, 15) is 0 Å². The molecule has 5 heteroatoms. The van der Waals surface area contributed by atoms with Crippen molar-refractivity contribution < 1.29 is 14.2 Å². The Kier molecular flexibility index (Phi) is 7.35. The van der Waals surface area contributed by atoms with Crippen molar-refractivity contribution in [1.82, 2.24) is 4.90 Å². The second kappa shape index (κ2) is 9.28. The van der Waals surface area contributed by atoms with Gasteiger partial charge in [-0.2, -0.15) is 0 Å². The zero-order valence-corrected chi connectivity index (χ0v) is 17.6. The van der Waals surface area contributed by atoms with Crippen LogP contribution in [0.5, 0.6) is 17.2 Å². The SMILES string of the molecule is CCC(CCCc1cc(OC)c(OC)c(OC)c1)(c1cccs1)N(C)C. The maximum Gasteiger partial charge on any atom is 0.203 e. The van der Waals surface area contributed by atoms with E-state index in [1.54, 1.807) is 21.3 Å². The van der Waals surface area contributed by atoms with Crippen LogP contribution in [-0.2, 0) is 12.0 Å². The number of hydrogen-bond donors (Lipinski definition) is 0. The molecule has 1 unspecified atom stereocenters. The van der Waals surface area contributed by atoms with E-state index in [0.29, 0.717) is 5.75 Å². The van der Waals surface area contributed by atoms with Crippen LogP contribution in [0.4, 0.5) is 0 Å². The Hall–Kier alpha value is -1.72. The number of benzene rings is 1. The molecule has 144 valence electrons. The first-order valence-corrected chi connectivity index (χ1v) is 9.90. The molecule has 26 heavy (non-hydrogen) atoms. The average Bonchev–Trinajstić information content (AvgIpc) is 3.19. The van der Waals surface area contributed by atoms with Gasteiger partial charge in [-0.3, -0.25) is 4.90 Å². The van der Waals surface area contributed by atoms with Crippen molar-refractivity contribution in [3.8, 4) is 17.2 Å². The van der Waals surface area contributed by atoms with Gasteiger partial charge in [-0.05, 0) is 68.9 Å². The highest BCUT2D eigenvalue weighted by Gasteiger charge is 2.33. The smallest absolute Gasteiger partial charge is 0.203 e. The van der Waals surface area contributed by atoms with E-state index < -0.39 is 0 Å². The fourth-order valence-corrected chi connectivity index (χ4v) is 4.75. The second-order valence-corrected chi connectivity index (χ2v) is 7.59. The lowest BCUT2D eigenvalue weighted by Crippen LogP contribution is -2.40. The molecule has 1 atom stereocenters. The van der Waals surface area contributed by atoms with Crippen molar-refractivity contribution in [2.75, 3.05) is 35.4 Å². The van der Waals surface area contributed by atoms with E-state index in [0.717, 1.165) is 37.2 Å². The molecule has 0 saturated heterocycles. The fraction of sp³-hybridized carbons (Fsp3) is 0.524. The fourth-order valence-electron chi connectivity index (χ4n) is 3.64. The average molecular weight is 378 g/mol. The minimum Gasteiger partial charge on any atom is -0.493 e. The van der Waals surface area contributed by atoms with Crippen LogP contribution in [0, 0.1) is 0 Å². The third-order valence-electron chi connectivity index (χ3n) is 5.20. The van der Waals surface area contributed by atoms with Crippen LogP contribution in [0.15, 0.2) is 29.6 Å². The van der Waals surface area contributed by atoms with Gasteiger partial charge in [-0.15, -0.1) is 11.3 Å². The molecule has 2 aromatic rings. The standard InChI is InChI=1S/C21H31NO3S/c1-7-21(22(2)3,19-11-9-13-26-19)12-8-10-16-14-17(23-4)20(25-6)18(15-16)24-5/h9,11,13-15H,7-8,10,12H2,1-6H3. The monoisotopic (exact) mass is 377 g/mol. The molecule has 2 rings (SSSR count). The molecular weight excluding hydrogens is 346 g/mol. The number of rotatable bonds is 10. The summed E-state index contributed by atoms with van der Waals surface area (Å²) in [4.78, 5) is 3.81. The highest BCUT2D eigenvalue weighted by Crippen LogP contribution is 2.40. The molecule has 4 nitrogen and oxygen atoms in total. The summed E-state index contributed by atoms with van der Waals surface area (Å²) in [6.45, 7) is 2.28. The Labute approximate surface area is 161 Å². The third kappa shape index (κ3) is 4.15. The van der Waals surface area contributed by atoms with Gasteiger partial charge in [0.15, 0.2) is 11.5 Å². The summed E-state index contributed by atoms with van der Waals surface area (Å²) in [5, 5.41) is 2.17. The zero-order valence-electron chi connectivity index (χ0n) is 16.8. The largest absolute Gasteiger partial charge is 0.493 e. The van der Waals surface area contributed by atoms with Gasteiger partial charge >= 0.3 is 0 Å². The molecule has 0 aliphatic carbocycles. The van der Waals surface area contributed by atoms with E-state index in [4.69, 9.17) is 14.2 Å². The Morgan fingerprint density at radius 3 is 2.12 bits per heavy atom. The second-order valence-electron chi connectivity index (χ2n) is 6.64. The van der Waals surface area contributed by atoms with Crippen LogP contribution in [0.2, 0.25) is 0 Å². The van der Waals surface area contributed by atoms with E-state index in [1.807, 2.05) is 11.3 Å². The zero-order chi connectivity index (χ0) is 19.2. The van der Waals surface area contributed by atoms with Crippen molar-refractivity contribution >= 4 is 11.3 Å². The number of thiophene rings is 1. The van der Waals surface area contributed by atoms with Gasteiger partial charge in [0.05, 0.1) is 26.9 Å². The van der Waals surface area contributed by atoms with Gasteiger partial charge in [0.25, 0.3) is 0 Å². The first kappa shape index (κ1) is 20.6. The summed E-state index contributed by atoms with van der Waals surface area (Å²) in [6.07, 6.45) is 4.25. The third-order valence-corrected chi connectivity index (χ3v) is 6.26. The molecular formula is C21H31NO3S. The summed E-state index contributed by atoms with van der Waals surface area (Å²) in [7, 11) is 9.32. The van der Waals surface area contributed by atoms with Gasteiger partial charge < -0.3 is 14.2 Å². The van der Waals surface area contributed by atoms with Crippen LogP contribution >= 0.6 is 11.3 Å². The molecule has 0 N–H and O–H groups in total.